The second kappa shape index (κ2) is 3.14. The molecule has 0 saturated heterocycles. The molecule has 0 unspecified atom stereocenters. The second-order valence-corrected chi connectivity index (χ2v) is 3.04. The van der Waals surface area contributed by atoms with Crippen LogP contribution in [0.2, 0.25) is 0 Å². The Morgan fingerprint density at radius 3 is 3.00 bits per heavy atom. The number of hydrogen-bond acceptors (Lipinski definition) is 4. The molecule has 0 aliphatic carbocycles. The number of aliphatic imine (C=N–C) groups is 1. The van der Waals surface area contributed by atoms with Crippen molar-refractivity contribution in [3.8, 4) is 0 Å². The van der Waals surface area contributed by atoms with E-state index in [-0.39, 0.29) is 0 Å². The largest absolute Gasteiger partial charge is 0.363 e. The average molecular weight is 195 g/mol. The Hall–Kier alpha value is -1.43. The number of hydrogen-bond donors (Lipinski definition) is 2. The molecule has 13 heavy (non-hydrogen) atoms. The summed E-state index contributed by atoms with van der Waals surface area (Å²) < 4.78 is 2.42. The van der Waals surface area contributed by atoms with Crippen molar-refractivity contribution in [3.63, 3.8) is 0 Å². The summed E-state index contributed by atoms with van der Waals surface area (Å²) in [4.78, 5) is 4.00. The molecule has 2 rings (SSSR count). The predicted octanol–water partition coefficient (Wildman–Crippen LogP) is 0.450. The number of rotatable bonds is 1. The van der Waals surface area contributed by atoms with Crippen molar-refractivity contribution >= 4 is 24.1 Å². The molecule has 6 heteroatoms. The molecule has 0 atom stereocenters. The number of aromatic amines is 1. The Morgan fingerprint density at radius 1 is 1.62 bits per heavy atom. The minimum atomic E-state index is 0.589. The van der Waals surface area contributed by atoms with Crippen LogP contribution < -0.4 is 5.32 Å². The summed E-state index contributed by atoms with van der Waals surface area (Å²) in [5, 5.41) is 9.92. The minimum Gasteiger partial charge on any atom is -0.363 e. The van der Waals surface area contributed by atoms with Crippen molar-refractivity contribution in [1.82, 2.24) is 20.1 Å². The number of H-pyrrole nitrogens is 1. The molecule has 1 aliphatic heterocycles. The van der Waals surface area contributed by atoms with Gasteiger partial charge in [-0.3, -0.25) is 10.1 Å². The van der Waals surface area contributed by atoms with Gasteiger partial charge < -0.3 is 9.88 Å². The Labute approximate surface area is 80.2 Å². The maximum atomic E-state index is 5.00. The molecule has 0 spiro atoms. The van der Waals surface area contributed by atoms with E-state index < -0.39 is 0 Å². The Morgan fingerprint density at radius 2 is 2.46 bits per heavy atom. The predicted molar refractivity (Wildman–Crippen MR) is 52.9 cm³/mol. The highest BCUT2D eigenvalue weighted by Crippen LogP contribution is 2.08. The summed E-state index contributed by atoms with van der Waals surface area (Å²) in [5.41, 5.74) is 0.935. The van der Waals surface area contributed by atoms with E-state index in [4.69, 9.17) is 12.2 Å². The standard InChI is InChI=1S/C7H9N5S/c1-12-6(10-11-7(12)13)5-2-3-8-4-9-5/h2-3,9H,4H2,1H3,(H,11,13). The summed E-state index contributed by atoms with van der Waals surface area (Å²) in [6, 6.07) is 0. The van der Waals surface area contributed by atoms with E-state index in [0.717, 1.165) is 11.5 Å². The van der Waals surface area contributed by atoms with E-state index in [0.29, 0.717) is 11.4 Å². The van der Waals surface area contributed by atoms with Crippen LogP contribution >= 0.6 is 12.2 Å². The van der Waals surface area contributed by atoms with E-state index >= 15 is 0 Å². The molecule has 0 saturated carbocycles. The molecule has 2 heterocycles. The van der Waals surface area contributed by atoms with Gasteiger partial charge in [0.15, 0.2) is 10.6 Å². The summed E-state index contributed by atoms with van der Waals surface area (Å²) in [5.74, 6) is 0.802. The number of nitrogens with zero attached hydrogens (tertiary/aromatic N) is 3. The van der Waals surface area contributed by atoms with Gasteiger partial charge in [0.05, 0.1) is 5.70 Å². The van der Waals surface area contributed by atoms with Gasteiger partial charge in [-0.2, -0.15) is 5.10 Å². The zero-order chi connectivity index (χ0) is 9.26. The van der Waals surface area contributed by atoms with Gasteiger partial charge in [0.2, 0.25) is 0 Å². The van der Waals surface area contributed by atoms with Crippen LogP contribution in [-0.2, 0) is 7.05 Å². The van der Waals surface area contributed by atoms with Crippen LogP contribution in [0.4, 0.5) is 0 Å². The molecule has 5 nitrogen and oxygen atoms in total. The van der Waals surface area contributed by atoms with Crippen LogP contribution in [0, 0.1) is 4.77 Å². The first-order chi connectivity index (χ1) is 6.29. The Bertz CT molecular complexity index is 424. The lowest BCUT2D eigenvalue weighted by Crippen LogP contribution is -2.18. The van der Waals surface area contributed by atoms with E-state index in [9.17, 15) is 0 Å². The smallest absolute Gasteiger partial charge is 0.195 e. The zero-order valence-corrected chi connectivity index (χ0v) is 7.93. The number of aromatic nitrogens is 3. The first-order valence-corrected chi connectivity index (χ1v) is 4.25. The van der Waals surface area contributed by atoms with E-state index in [1.807, 2.05) is 17.7 Å². The van der Waals surface area contributed by atoms with Gasteiger partial charge in [0.25, 0.3) is 0 Å². The fraction of sp³-hybridized carbons (Fsp3) is 0.286. The van der Waals surface area contributed by atoms with Crippen molar-refractivity contribution in [2.24, 2.45) is 12.0 Å². The SMILES string of the molecule is Cn1c(C2=CC=NCN2)n[nH]c1=S. The Balaban J connectivity index is 2.45. The highest BCUT2D eigenvalue weighted by Gasteiger charge is 2.08. The van der Waals surface area contributed by atoms with E-state index in [1.165, 1.54) is 0 Å². The van der Waals surface area contributed by atoms with Gasteiger partial charge >= 0.3 is 0 Å². The molecular formula is C7H9N5S. The summed E-state index contributed by atoms with van der Waals surface area (Å²) in [7, 11) is 1.87. The van der Waals surface area contributed by atoms with Gasteiger partial charge in [0.1, 0.15) is 6.67 Å². The van der Waals surface area contributed by atoms with Crippen molar-refractivity contribution in [2.45, 2.75) is 0 Å². The summed E-state index contributed by atoms with van der Waals surface area (Å²) in [6.07, 6.45) is 3.62. The van der Waals surface area contributed by atoms with Crippen LogP contribution in [-0.4, -0.2) is 27.6 Å². The monoisotopic (exact) mass is 195 g/mol. The molecule has 0 fully saturated rings. The van der Waals surface area contributed by atoms with Crippen LogP contribution in [0.1, 0.15) is 5.82 Å². The molecule has 0 amide bonds. The third-order valence-corrected chi connectivity index (χ3v) is 2.19. The van der Waals surface area contributed by atoms with Crippen molar-refractivity contribution in [3.05, 3.63) is 16.7 Å². The zero-order valence-electron chi connectivity index (χ0n) is 7.11. The molecule has 0 bridgehead atoms. The fourth-order valence-corrected chi connectivity index (χ4v) is 1.24. The first-order valence-electron chi connectivity index (χ1n) is 3.85. The molecule has 0 aromatic carbocycles. The lowest BCUT2D eigenvalue weighted by Gasteiger charge is -2.09. The molecular weight excluding hydrogens is 186 g/mol. The normalized spacial score (nSPS) is 15.3. The minimum absolute atomic E-state index is 0.589. The lowest BCUT2D eigenvalue weighted by molar-refractivity contribution is 0.827. The van der Waals surface area contributed by atoms with Gasteiger partial charge in [-0.1, -0.05) is 0 Å². The van der Waals surface area contributed by atoms with Gasteiger partial charge in [-0.15, -0.1) is 0 Å². The van der Waals surface area contributed by atoms with Gasteiger partial charge in [-0.05, 0) is 18.3 Å². The molecule has 1 aromatic rings. The van der Waals surface area contributed by atoms with Crippen molar-refractivity contribution in [1.29, 1.82) is 0 Å². The van der Waals surface area contributed by atoms with E-state index in [2.05, 4.69) is 20.5 Å². The lowest BCUT2D eigenvalue weighted by atomic mass is 10.3. The van der Waals surface area contributed by atoms with Crippen molar-refractivity contribution < 1.29 is 0 Å². The molecule has 68 valence electrons. The molecule has 2 N–H and O–H groups in total. The van der Waals surface area contributed by atoms with Crippen LogP contribution in [0.15, 0.2) is 11.1 Å². The average Bonchev–Trinajstić information content (AvgIpc) is 2.49. The van der Waals surface area contributed by atoms with Crippen LogP contribution in [0.3, 0.4) is 0 Å². The third kappa shape index (κ3) is 1.40. The highest BCUT2D eigenvalue weighted by atomic mass is 32.1. The maximum absolute atomic E-state index is 5.00. The van der Waals surface area contributed by atoms with Crippen LogP contribution in [0.25, 0.3) is 5.70 Å². The van der Waals surface area contributed by atoms with Crippen molar-refractivity contribution in [2.75, 3.05) is 6.67 Å². The molecule has 1 aliphatic rings. The summed E-state index contributed by atoms with van der Waals surface area (Å²) in [6.45, 7) is 0.589. The third-order valence-electron chi connectivity index (χ3n) is 1.83. The summed E-state index contributed by atoms with van der Waals surface area (Å²) >= 11 is 5.00. The second-order valence-electron chi connectivity index (χ2n) is 2.66. The van der Waals surface area contributed by atoms with Crippen LogP contribution in [0.5, 0.6) is 0 Å². The fourth-order valence-electron chi connectivity index (χ4n) is 1.11. The van der Waals surface area contributed by atoms with Gasteiger partial charge in [0, 0.05) is 13.3 Å². The highest BCUT2D eigenvalue weighted by molar-refractivity contribution is 7.71. The van der Waals surface area contributed by atoms with Gasteiger partial charge in [-0.25, -0.2) is 0 Å². The molecule has 0 radical (unpaired) electrons. The maximum Gasteiger partial charge on any atom is 0.195 e. The topological polar surface area (TPSA) is 58.0 Å². The Kier molecular flexibility index (Phi) is 1.97. The van der Waals surface area contributed by atoms with E-state index in [1.54, 1.807) is 6.21 Å². The first kappa shape index (κ1) is 8.18. The quantitative estimate of drug-likeness (QED) is 0.640. The number of allylic oxidation sites excluding steroid dienone is 1. The number of nitrogens with one attached hydrogen (secondary N) is 2. The molecule has 1 aromatic heterocycles.